The first-order valence-corrected chi connectivity index (χ1v) is 9.43. The van der Waals surface area contributed by atoms with Crippen LogP contribution in [0.25, 0.3) is 21.9 Å². The van der Waals surface area contributed by atoms with E-state index in [4.69, 9.17) is 15.2 Å². The summed E-state index contributed by atoms with van der Waals surface area (Å²) in [6.45, 7) is 2.48. The molecule has 0 unspecified atom stereocenters. The lowest BCUT2D eigenvalue weighted by molar-refractivity contribution is 0.142. The van der Waals surface area contributed by atoms with Gasteiger partial charge < -0.3 is 19.8 Å². The minimum Gasteiger partial charge on any atom is -0.496 e. The molecule has 0 aliphatic carbocycles. The topological polar surface area (TPSA) is 69.7 Å². The van der Waals surface area contributed by atoms with Crippen LogP contribution in [0.15, 0.2) is 41.3 Å². The zero-order valence-corrected chi connectivity index (χ0v) is 16.7. The van der Waals surface area contributed by atoms with Crippen LogP contribution in [0.3, 0.4) is 0 Å². The molecule has 2 N–H and O–H groups in total. The van der Waals surface area contributed by atoms with Crippen molar-refractivity contribution in [1.29, 1.82) is 0 Å². The average molecular weight is 397 g/mol. The number of likely N-dealkylation sites (tertiary alicyclic amines) is 1. The number of ether oxygens (including phenoxy) is 2. The Morgan fingerprint density at radius 3 is 2.34 bits per heavy atom. The zero-order chi connectivity index (χ0) is 20.7. The second-order valence-electron chi connectivity index (χ2n) is 7.48. The number of hydrogen-bond donors (Lipinski definition) is 1. The lowest BCUT2D eigenvalue weighted by Gasteiger charge is -2.37. The molecule has 1 saturated heterocycles. The minimum absolute atomic E-state index is 0.232. The monoisotopic (exact) mass is 397 g/mol. The molecule has 6 nitrogen and oxygen atoms in total. The van der Waals surface area contributed by atoms with E-state index in [1.807, 2.05) is 12.1 Å². The number of halogens is 1. The van der Waals surface area contributed by atoms with Gasteiger partial charge in [0.2, 0.25) is 0 Å². The third-order valence-electron chi connectivity index (χ3n) is 5.37. The molecular weight excluding hydrogens is 373 g/mol. The molecule has 0 atom stereocenters. The van der Waals surface area contributed by atoms with Gasteiger partial charge in [-0.05, 0) is 35.2 Å². The largest absolute Gasteiger partial charge is 0.496 e. The van der Waals surface area contributed by atoms with Crippen LogP contribution in [0, 0.1) is 5.82 Å². The van der Waals surface area contributed by atoms with Gasteiger partial charge in [-0.1, -0.05) is 6.07 Å². The fourth-order valence-electron chi connectivity index (χ4n) is 3.96. The van der Waals surface area contributed by atoms with Gasteiger partial charge in [-0.25, -0.2) is 4.39 Å². The van der Waals surface area contributed by atoms with Crippen molar-refractivity contribution in [1.82, 2.24) is 9.47 Å². The van der Waals surface area contributed by atoms with E-state index in [1.54, 1.807) is 33.5 Å². The van der Waals surface area contributed by atoms with E-state index in [0.717, 1.165) is 36.3 Å². The fraction of sp³-hybridized carbons (Fsp3) is 0.318. The summed E-state index contributed by atoms with van der Waals surface area (Å²) < 4.78 is 26.6. The van der Waals surface area contributed by atoms with Gasteiger partial charge in [-0.15, -0.1) is 0 Å². The number of hydrogen-bond acceptors (Lipinski definition) is 5. The van der Waals surface area contributed by atoms with Crippen molar-refractivity contribution in [2.45, 2.75) is 12.6 Å². The number of pyridine rings is 1. The van der Waals surface area contributed by atoms with Crippen LogP contribution in [-0.4, -0.2) is 42.8 Å². The maximum absolute atomic E-state index is 13.8. The molecule has 4 rings (SSSR count). The predicted molar refractivity (Wildman–Crippen MR) is 111 cm³/mol. The summed E-state index contributed by atoms with van der Waals surface area (Å²) in [5, 5.41) is 0.959. The molecule has 0 spiro atoms. The Bertz CT molecular complexity index is 1110. The van der Waals surface area contributed by atoms with Crippen LogP contribution in [0.1, 0.15) is 5.56 Å². The minimum atomic E-state index is -0.450. The van der Waals surface area contributed by atoms with Crippen molar-refractivity contribution < 1.29 is 13.9 Å². The molecular formula is C22H24FN3O3. The second-order valence-corrected chi connectivity index (χ2v) is 7.48. The van der Waals surface area contributed by atoms with E-state index >= 15 is 0 Å². The number of aryl methyl sites for hydroxylation is 1. The third kappa shape index (κ3) is 3.47. The third-order valence-corrected chi connectivity index (χ3v) is 5.37. The number of fused-ring (bicyclic) bond motifs is 1. The second kappa shape index (κ2) is 7.50. The van der Waals surface area contributed by atoms with Crippen molar-refractivity contribution in [2.24, 2.45) is 12.8 Å². The van der Waals surface area contributed by atoms with Crippen LogP contribution in [-0.2, 0) is 13.6 Å². The molecule has 1 aliphatic heterocycles. The molecule has 2 aromatic carbocycles. The highest BCUT2D eigenvalue weighted by atomic mass is 19.1. The summed E-state index contributed by atoms with van der Waals surface area (Å²) in [5.41, 5.74) is 8.14. The number of aromatic nitrogens is 1. The van der Waals surface area contributed by atoms with E-state index in [0.29, 0.717) is 22.3 Å². The normalized spacial score (nSPS) is 14.8. The highest BCUT2D eigenvalue weighted by Gasteiger charge is 2.24. The Morgan fingerprint density at radius 1 is 1.10 bits per heavy atom. The summed E-state index contributed by atoms with van der Waals surface area (Å²) in [6.07, 6.45) is 1.73. The summed E-state index contributed by atoms with van der Waals surface area (Å²) in [4.78, 5) is 14.8. The van der Waals surface area contributed by atoms with Gasteiger partial charge in [0.1, 0.15) is 17.3 Å². The molecule has 1 aliphatic rings. The number of methoxy groups -OCH3 is 2. The summed E-state index contributed by atoms with van der Waals surface area (Å²) in [5.74, 6) is 0.815. The molecule has 0 bridgehead atoms. The summed E-state index contributed by atoms with van der Waals surface area (Å²) >= 11 is 0. The average Bonchev–Trinajstić information content (AvgIpc) is 2.69. The van der Waals surface area contributed by atoms with E-state index in [2.05, 4.69) is 4.90 Å². The van der Waals surface area contributed by atoms with E-state index in [-0.39, 0.29) is 11.6 Å². The number of nitrogens with two attached hydrogens (primary N) is 1. The summed E-state index contributed by atoms with van der Waals surface area (Å²) in [6, 6.07) is 8.42. The molecule has 7 heteroatoms. The Hall–Kier alpha value is -2.90. The van der Waals surface area contributed by atoms with Crippen LogP contribution < -0.4 is 20.8 Å². The van der Waals surface area contributed by atoms with Crippen molar-refractivity contribution in [2.75, 3.05) is 27.3 Å². The maximum atomic E-state index is 13.8. The lowest BCUT2D eigenvalue weighted by atomic mass is 9.96. The van der Waals surface area contributed by atoms with Crippen molar-refractivity contribution in [3.8, 4) is 22.6 Å². The molecule has 1 fully saturated rings. The van der Waals surface area contributed by atoms with Crippen LogP contribution >= 0.6 is 0 Å². The smallest absolute Gasteiger partial charge is 0.258 e. The van der Waals surface area contributed by atoms with Gasteiger partial charge in [0, 0.05) is 44.5 Å². The van der Waals surface area contributed by atoms with Crippen LogP contribution in [0.2, 0.25) is 0 Å². The fourth-order valence-corrected chi connectivity index (χ4v) is 3.96. The summed E-state index contributed by atoms with van der Waals surface area (Å²) in [7, 11) is 4.85. The number of rotatable bonds is 5. The first-order chi connectivity index (χ1) is 13.9. The first-order valence-electron chi connectivity index (χ1n) is 9.43. The van der Waals surface area contributed by atoms with Gasteiger partial charge in [0.25, 0.3) is 5.56 Å². The zero-order valence-electron chi connectivity index (χ0n) is 16.7. The highest BCUT2D eigenvalue weighted by Crippen LogP contribution is 2.42. The molecule has 29 heavy (non-hydrogen) atoms. The SMILES string of the molecule is COc1cc(CN2CC(N)C2)cc(OC)c1-c1cn(C)c(=O)c2cc(F)ccc12. The van der Waals surface area contributed by atoms with Gasteiger partial charge >= 0.3 is 0 Å². The molecule has 0 amide bonds. The van der Waals surface area contributed by atoms with Crippen molar-refractivity contribution >= 4 is 10.8 Å². The van der Waals surface area contributed by atoms with Gasteiger partial charge in [-0.3, -0.25) is 9.69 Å². The standard InChI is InChI=1S/C22H24FN3O3/c1-25-12-18(16-5-4-14(23)8-17(16)22(25)27)21-19(28-2)6-13(7-20(21)29-3)9-26-10-15(24)11-26/h4-8,12,15H,9-11,24H2,1-3H3. The van der Waals surface area contributed by atoms with Crippen molar-refractivity contribution in [3.63, 3.8) is 0 Å². The van der Waals surface area contributed by atoms with E-state index in [9.17, 15) is 9.18 Å². The maximum Gasteiger partial charge on any atom is 0.258 e. The van der Waals surface area contributed by atoms with E-state index in [1.165, 1.54) is 16.7 Å². The Labute approximate surface area is 168 Å². The van der Waals surface area contributed by atoms with Crippen LogP contribution in [0.4, 0.5) is 4.39 Å². The number of benzene rings is 2. The Kier molecular flexibility index (Phi) is 5.02. The van der Waals surface area contributed by atoms with Crippen molar-refractivity contribution in [3.05, 3.63) is 58.3 Å². The molecule has 3 aromatic rings. The quantitative estimate of drug-likeness (QED) is 0.716. The molecule has 2 heterocycles. The van der Waals surface area contributed by atoms with Crippen LogP contribution in [0.5, 0.6) is 11.5 Å². The van der Waals surface area contributed by atoms with Gasteiger partial charge in [-0.2, -0.15) is 0 Å². The molecule has 0 radical (unpaired) electrons. The van der Waals surface area contributed by atoms with Gasteiger partial charge in [0.15, 0.2) is 0 Å². The molecule has 0 saturated carbocycles. The lowest BCUT2D eigenvalue weighted by Crippen LogP contribution is -2.54. The first kappa shape index (κ1) is 19.4. The molecule has 152 valence electrons. The van der Waals surface area contributed by atoms with Gasteiger partial charge in [0.05, 0.1) is 25.2 Å². The van der Waals surface area contributed by atoms with E-state index < -0.39 is 5.82 Å². The Morgan fingerprint density at radius 2 is 1.76 bits per heavy atom. The Balaban J connectivity index is 1.90. The highest BCUT2D eigenvalue weighted by molar-refractivity contribution is 5.99. The number of nitrogens with zero attached hydrogens (tertiary/aromatic N) is 2. The molecule has 1 aromatic heterocycles. The predicted octanol–water partition coefficient (Wildman–Crippen LogP) is 2.50.